The molecular weight excluding hydrogens is 570 g/mol. The van der Waals surface area contributed by atoms with Crippen LogP contribution in [0.15, 0.2) is 45.7 Å². The van der Waals surface area contributed by atoms with Crippen molar-refractivity contribution in [2.24, 2.45) is 0 Å². The normalized spacial score (nSPS) is 16.2. The third kappa shape index (κ3) is 6.17. The van der Waals surface area contributed by atoms with Crippen molar-refractivity contribution in [1.29, 1.82) is 5.41 Å². The Bertz CT molecular complexity index is 1410. The molecule has 0 unspecified atom stereocenters. The molecule has 0 spiro atoms. The van der Waals surface area contributed by atoms with Crippen LogP contribution in [0.5, 0.6) is 0 Å². The van der Waals surface area contributed by atoms with E-state index in [1.165, 1.54) is 67.8 Å². The summed E-state index contributed by atoms with van der Waals surface area (Å²) in [7, 11) is -13.1. The number of nitrogens with zero attached hydrogens (tertiary/aromatic N) is 1. The summed E-state index contributed by atoms with van der Waals surface area (Å²) in [4.78, 5) is -4.38. The number of alkyl halides is 6. The topological polar surface area (TPSA) is 92.1 Å². The monoisotopic (exact) mass is 601 g/mol. The lowest BCUT2D eigenvalue weighted by molar-refractivity contribution is -0.923. The van der Waals surface area contributed by atoms with Crippen LogP contribution in [0.1, 0.15) is 51.7 Å². The van der Waals surface area contributed by atoms with E-state index in [1.807, 2.05) is 0 Å². The Morgan fingerprint density at radius 1 is 0.769 bits per heavy atom. The highest BCUT2D eigenvalue weighted by atomic mass is 32.2. The van der Waals surface area contributed by atoms with E-state index >= 15 is 0 Å². The van der Waals surface area contributed by atoms with Gasteiger partial charge < -0.3 is 4.48 Å². The van der Waals surface area contributed by atoms with E-state index < -0.39 is 51.8 Å². The largest absolute Gasteiger partial charge is 0.502 e. The summed E-state index contributed by atoms with van der Waals surface area (Å²) < 4.78 is 127. The number of quaternary nitrogens is 1. The van der Waals surface area contributed by atoms with Gasteiger partial charge in [-0.25, -0.2) is 16.8 Å². The Kier molecular flexibility index (Phi) is 9.72. The summed E-state index contributed by atoms with van der Waals surface area (Å²) in [6.45, 7) is 14.5. The molecule has 218 valence electrons. The van der Waals surface area contributed by atoms with Crippen molar-refractivity contribution in [3.63, 3.8) is 0 Å². The van der Waals surface area contributed by atoms with Crippen LogP contribution in [0.2, 0.25) is 0 Å². The standard InChI is InChI=1S/C15H7F6NO4S2.C10H24N/c16-14(17,18)27(23,24)11-6-9-8-4-2-1-3-7(8)5-10(9)12(22)13(11)28(25,26)15(19,20)21;1-5-9-10-11(6-2,7-3)8-4/h1-6,22H;5-10H2,1-4H3/q;+1. The van der Waals surface area contributed by atoms with Crippen LogP contribution in [0.3, 0.4) is 0 Å². The van der Waals surface area contributed by atoms with Crippen molar-refractivity contribution in [1.82, 2.24) is 0 Å². The number of hydrogen-bond acceptors (Lipinski definition) is 5. The van der Waals surface area contributed by atoms with Gasteiger partial charge in [-0.2, -0.15) is 26.3 Å². The maximum Gasteiger partial charge on any atom is 0.502 e. The zero-order valence-electron chi connectivity index (χ0n) is 21.9. The van der Waals surface area contributed by atoms with Gasteiger partial charge in [0, 0.05) is 5.57 Å². The Hall–Kier alpha value is -2.45. The highest BCUT2D eigenvalue weighted by molar-refractivity contribution is 8.00. The second kappa shape index (κ2) is 11.6. The molecule has 2 aliphatic carbocycles. The summed E-state index contributed by atoms with van der Waals surface area (Å²) in [5.74, 6) is 0. The second-order valence-electron chi connectivity index (χ2n) is 9.04. The van der Waals surface area contributed by atoms with E-state index in [0.29, 0.717) is 0 Å². The van der Waals surface area contributed by atoms with Gasteiger partial charge in [-0.1, -0.05) is 37.6 Å². The van der Waals surface area contributed by atoms with Crippen molar-refractivity contribution in [2.45, 2.75) is 51.6 Å². The van der Waals surface area contributed by atoms with E-state index in [-0.39, 0.29) is 22.8 Å². The fourth-order valence-corrected chi connectivity index (χ4v) is 6.86. The van der Waals surface area contributed by atoms with Gasteiger partial charge in [-0.15, -0.1) is 0 Å². The first-order valence-corrected chi connectivity index (χ1v) is 15.2. The van der Waals surface area contributed by atoms with E-state index in [1.54, 1.807) is 0 Å². The van der Waals surface area contributed by atoms with Crippen molar-refractivity contribution < 1.29 is 47.7 Å². The van der Waals surface area contributed by atoms with Gasteiger partial charge >= 0.3 is 11.0 Å². The van der Waals surface area contributed by atoms with Crippen LogP contribution >= 0.6 is 0 Å². The van der Waals surface area contributed by atoms with Crippen LogP contribution in [0.25, 0.3) is 11.6 Å². The molecule has 14 heteroatoms. The maximum absolute atomic E-state index is 13.0. The van der Waals surface area contributed by atoms with Gasteiger partial charge in [-0.05, 0) is 56.0 Å². The quantitative estimate of drug-likeness (QED) is 0.282. The number of nitrogens with one attached hydrogen (secondary N) is 1. The van der Waals surface area contributed by atoms with Gasteiger partial charge in [0.2, 0.25) is 0 Å². The van der Waals surface area contributed by atoms with Crippen LogP contribution in [-0.4, -0.2) is 64.2 Å². The summed E-state index contributed by atoms with van der Waals surface area (Å²) >= 11 is 0. The smallest absolute Gasteiger partial charge is 0.324 e. The predicted octanol–water partition coefficient (Wildman–Crippen LogP) is 6.24. The van der Waals surface area contributed by atoms with E-state index in [9.17, 15) is 43.2 Å². The summed E-state index contributed by atoms with van der Waals surface area (Å²) in [6, 6.07) is 5.69. The van der Waals surface area contributed by atoms with E-state index in [0.717, 1.165) is 6.08 Å². The number of rotatable bonds is 8. The maximum atomic E-state index is 13.0. The minimum atomic E-state index is -6.58. The first-order chi connectivity index (χ1) is 17.8. The molecule has 0 bridgehead atoms. The van der Waals surface area contributed by atoms with Crippen LogP contribution < -0.4 is 0 Å². The number of unbranched alkanes of at least 4 members (excludes halogenated alkanes) is 1. The highest BCUT2D eigenvalue weighted by Crippen LogP contribution is 2.47. The molecule has 3 rings (SSSR count). The van der Waals surface area contributed by atoms with Gasteiger partial charge in [0.1, 0.15) is 4.91 Å². The Morgan fingerprint density at radius 3 is 1.74 bits per heavy atom. The summed E-state index contributed by atoms with van der Waals surface area (Å²) in [5.41, 5.74) is -13.9. The Labute approximate surface area is 224 Å². The molecule has 0 saturated heterocycles. The average Bonchev–Trinajstić information content (AvgIpc) is 3.23. The van der Waals surface area contributed by atoms with Crippen molar-refractivity contribution in [3.8, 4) is 0 Å². The molecule has 1 aromatic rings. The molecule has 0 heterocycles. The number of sulfone groups is 2. The van der Waals surface area contributed by atoms with Gasteiger partial charge in [0.15, 0.2) is 0 Å². The first-order valence-electron chi connectivity index (χ1n) is 12.2. The van der Waals surface area contributed by atoms with Gasteiger partial charge in [0.25, 0.3) is 19.7 Å². The minimum Gasteiger partial charge on any atom is -0.324 e. The molecule has 2 aliphatic rings. The third-order valence-electron chi connectivity index (χ3n) is 7.00. The number of halogens is 6. The number of allylic oxidation sites excluding steroid dienone is 4. The Morgan fingerprint density at radius 2 is 1.28 bits per heavy atom. The molecule has 0 fully saturated rings. The van der Waals surface area contributed by atoms with Gasteiger partial charge in [-0.3, -0.25) is 5.41 Å². The van der Waals surface area contributed by atoms with Crippen molar-refractivity contribution in [3.05, 3.63) is 56.9 Å². The molecule has 0 atom stereocenters. The second-order valence-corrected chi connectivity index (χ2v) is 12.8. The molecular formula is C25H31F6N2O4S2+. The van der Waals surface area contributed by atoms with Crippen molar-refractivity contribution in [2.75, 3.05) is 26.2 Å². The lowest BCUT2D eigenvalue weighted by Crippen LogP contribution is -2.48. The molecule has 1 N–H and O–H groups in total. The molecule has 0 amide bonds. The van der Waals surface area contributed by atoms with E-state index in [2.05, 4.69) is 27.7 Å². The van der Waals surface area contributed by atoms with Crippen LogP contribution in [0.4, 0.5) is 26.3 Å². The molecule has 6 nitrogen and oxygen atoms in total. The lowest BCUT2D eigenvalue weighted by Gasteiger charge is -2.35. The highest BCUT2D eigenvalue weighted by Gasteiger charge is 2.57. The first kappa shape index (κ1) is 32.8. The molecule has 0 radical (unpaired) electrons. The molecule has 0 aliphatic heterocycles. The predicted molar refractivity (Wildman–Crippen MR) is 139 cm³/mol. The summed E-state index contributed by atoms with van der Waals surface area (Å²) in [6.07, 6.45) is 4.04. The minimum absolute atomic E-state index is 0.153. The fraction of sp³-hybridized carbons (Fsp3) is 0.480. The molecule has 1 aromatic carbocycles. The fourth-order valence-electron chi connectivity index (χ4n) is 4.40. The number of benzene rings is 1. The zero-order chi connectivity index (χ0) is 30.0. The number of fused-ring (bicyclic) bond motifs is 3. The number of hydrogen-bond donors (Lipinski definition) is 1. The Balaban J connectivity index is 0.000000411. The summed E-state index contributed by atoms with van der Waals surface area (Å²) in [5, 5.41) is 7.82. The van der Waals surface area contributed by atoms with Crippen LogP contribution in [0, 0.1) is 5.41 Å². The lowest BCUT2D eigenvalue weighted by atomic mass is 9.95. The average molecular weight is 602 g/mol. The van der Waals surface area contributed by atoms with E-state index in [4.69, 9.17) is 5.41 Å². The van der Waals surface area contributed by atoms with Crippen molar-refractivity contribution >= 4 is 37.0 Å². The molecule has 0 saturated carbocycles. The zero-order valence-corrected chi connectivity index (χ0v) is 23.5. The van der Waals surface area contributed by atoms with Crippen LogP contribution in [-0.2, 0) is 19.7 Å². The molecule has 0 aromatic heterocycles. The SMILES string of the molecule is CCCC[N+](CC)(CC)CC.N=C1C2=Cc3ccccc3C2=CC(S(=O)(=O)C(F)(F)F)=C1S(=O)(=O)C(F)(F)F. The van der Waals surface area contributed by atoms with Gasteiger partial charge in [0.05, 0.1) is 36.8 Å². The molecule has 39 heavy (non-hydrogen) atoms. The third-order valence-corrected chi connectivity index (χ3v) is 10.2.